The zero-order chi connectivity index (χ0) is 17.7. The van der Waals surface area contributed by atoms with E-state index in [9.17, 15) is 19.2 Å². The van der Waals surface area contributed by atoms with E-state index in [0.29, 0.717) is 0 Å². The van der Waals surface area contributed by atoms with Gasteiger partial charge in [-0.3, -0.25) is 14.4 Å². The average Bonchev–Trinajstić information content (AvgIpc) is 2.43. The Balaban J connectivity index is 3.21. The lowest BCUT2D eigenvalue weighted by molar-refractivity contribution is -0.181. The number of carboxylic acid groups (broad SMARTS) is 3. The molecule has 1 rings (SSSR count). The van der Waals surface area contributed by atoms with Gasteiger partial charge in [-0.2, -0.15) is 0 Å². The monoisotopic (exact) mass is 396 g/mol. The van der Waals surface area contributed by atoms with E-state index in [0.717, 1.165) is 7.11 Å². The van der Waals surface area contributed by atoms with Crippen LogP contribution in [-0.2, 0) is 28.7 Å². The molecular formula is C13H17BrO9. The third kappa shape index (κ3) is 5.17. The van der Waals surface area contributed by atoms with Crippen LogP contribution in [0, 0.1) is 17.8 Å². The van der Waals surface area contributed by atoms with Crippen LogP contribution in [0.25, 0.3) is 0 Å². The number of hydrogen-bond donors (Lipinski definition) is 3. The van der Waals surface area contributed by atoms with E-state index in [2.05, 4.69) is 20.7 Å². The molecule has 0 aliphatic carbocycles. The maximum atomic E-state index is 11.8. The summed E-state index contributed by atoms with van der Waals surface area (Å²) in [5.74, 6) is -7.14. The molecule has 0 unspecified atom stereocenters. The highest BCUT2D eigenvalue weighted by Gasteiger charge is 2.49. The largest absolute Gasteiger partial charge is 0.481 e. The fourth-order valence-electron chi connectivity index (χ4n) is 2.83. The highest BCUT2D eigenvalue weighted by molar-refractivity contribution is 9.09. The summed E-state index contributed by atoms with van der Waals surface area (Å²) in [5.41, 5.74) is 0. The average molecular weight is 397 g/mol. The van der Waals surface area contributed by atoms with Crippen LogP contribution in [0.15, 0.2) is 0 Å². The lowest BCUT2D eigenvalue weighted by Crippen LogP contribution is -2.51. The molecule has 1 heterocycles. The van der Waals surface area contributed by atoms with Gasteiger partial charge in [0, 0.05) is 18.3 Å². The fraction of sp³-hybridized carbons (Fsp3) is 0.692. The molecule has 1 fully saturated rings. The summed E-state index contributed by atoms with van der Waals surface area (Å²) in [4.78, 5) is 45.1. The zero-order valence-corrected chi connectivity index (χ0v) is 13.8. The standard InChI is InChI=1S/C13H17BrO9/c1-22-13(21)11-6(3-9(17)18)5(2-8(15)16)7(4-10(19)20)12(14)23-11/h5-7,11-12H,2-4H2,1H3,(H,15,16)(H,17,18)(H,19,20)/t5-,6-,7+,11-,12-/m0/s1. The van der Waals surface area contributed by atoms with Gasteiger partial charge in [0.2, 0.25) is 0 Å². The summed E-state index contributed by atoms with van der Waals surface area (Å²) in [6.07, 6.45) is -2.71. The number of methoxy groups -OCH3 is 1. The second kappa shape index (κ2) is 8.25. The molecule has 0 amide bonds. The second-order valence-corrected chi connectivity index (χ2v) is 6.12. The van der Waals surface area contributed by atoms with Crippen molar-refractivity contribution in [2.24, 2.45) is 17.8 Å². The molecule has 1 saturated heterocycles. The van der Waals surface area contributed by atoms with Crippen LogP contribution in [0.5, 0.6) is 0 Å². The summed E-state index contributed by atoms with van der Waals surface area (Å²) in [6.45, 7) is 0. The van der Waals surface area contributed by atoms with Crippen molar-refractivity contribution >= 4 is 39.8 Å². The van der Waals surface area contributed by atoms with Gasteiger partial charge in [0.05, 0.1) is 20.0 Å². The van der Waals surface area contributed by atoms with Crippen molar-refractivity contribution < 1.29 is 44.0 Å². The molecule has 0 radical (unpaired) electrons. The van der Waals surface area contributed by atoms with Crippen LogP contribution in [0.4, 0.5) is 0 Å². The van der Waals surface area contributed by atoms with Gasteiger partial charge in [-0.1, -0.05) is 15.9 Å². The first kappa shape index (κ1) is 19.4. The Morgan fingerprint density at radius 1 is 0.913 bits per heavy atom. The van der Waals surface area contributed by atoms with E-state index in [-0.39, 0.29) is 0 Å². The number of rotatable bonds is 7. The molecule has 0 aromatic rings. The molecule has 10 heteroatoms. The van der Waals surface area contributed by atoms with Crippen molar-refractivity contribution in [1.29, 1.82) is 0 Å². The molecule has 1 aliphatic heterocycles. The van der Waals surface area contributed by atoms with E-state index < -0.39 is 72.0 Å². The first-order valence-corrected chi connectivity index (χ1v) is 7.61. The van der Waals surface area contributed by atoms with Gasteiger partial charge in [-0.25, -0.2) is 4.79 Å². The number of aliphatic carboxylic acids is 3. The first-order valence-electron chi connectivity index (χ1n) is 6.70. The number of alkyl halides is 1. The summed E-state index contributed by atoms with van der Waals surface area (Å²) in [7, 11) is 1.10. The number of ether oxygens (including phenoxy) is 2. The van der Waals surface area contributed by atoms with Crippen LogP contribution < -0.4 is 0 Å². The molecule has 9 nitrogen and oxygen atoms in total. The second-order valence-electron chi connectivity index (χ2n) is 5.22. The maximum Gasteiger partial charge on any atom is 0.335 e. The van der Waals surface area contributed by atoms with Gasteiger partial charge >= 0.3 is 23.9 Å². The minimum Gasteiger partial charge on any atom is -0.481 e. The van der Waals surface area contributed by atoms with Crippen LogP contribution in [0.2, 0.25) is 0 Å². The lowest BCUT2D eigenvalue weighted by atomic mass is 9.72. The Kier molecular flexibility index (Phi) is 6.95. The van der Waals surface area contributed by atoms with Gasteiger partial charge in [0.15, 0.2) is 6.10 Å². The smallest absolute Gasteiger partial charge is 0.335 e. The van der Waals surface area contributed by atoms with Crippen molar-refractivity contribution in [2.75, 3.05) is 7.11 Å². The summed E-state index contributed by atoms with van der Waals surface area (Å²) < 4.78 is 9.98. The first-order chi connectivity index (χ1) is 10.7. The number of carboxylic acids is 3. The van der Waals surface area contributed by atoms with Crippen LogP contribution in [0.1, 0.15) is 19.3 Å². The number of halogens is 1. The van der Waals surface area contributed by atoms with E-state index >= 15 is 0 Å². The molecule has 23 heavy (non-hydrogen) atoms. The summed E-state index contributed by atoms with van der Waals surface area (Å²) in [5, 5.41) is 26.2. The van der Waals surface area contributed by atoms with E-state index in [1.807, 2.05) is 0 Å². The van der Waals surface area contributed by atoms with Crippen LogP contribution in [0.3, 0.4) is 0 Å². The fourth-order valence-corrected chi connectivity index (χ4v) is 3.65. The third-order valence-electron chi connectivity index (χ3n) is 3.77. The highest BCUT2D eigenvalue weighted by atomic mass is 79.9. The summed E-state index contributed by atoms with van der Waals surface area (Å²) >= 11 is 3.11. The molecule has 0 aromatic heterocycles. The molecule has 0 saturated carbocycles. The van der Waals surface area contributed by atoms with Gasteiger partial charge in [-0.05, 0) is 5.92 Å². The Morgan fingerprint density at radius 3 is 1.78 bits per heavy atom. The number of hydrogen-bond acceptors (Lipinski definition) is 6. The van der Waals surface area contributed by atoms with Gasteiger partial charge in [-0.15, -0.1) is 0 Å². The minimum absolute atomic E-state index is 0.419. The Labute approximate surface area is 139 Å². The minimum atomic E-state index is -1.28. The maximum absolute atomic E-state index is 11.8. The SMILES string of the molecule is COC(=O)[C@H]1O[C@H](Br)[C@H](CC(=O)O)[C@@H](CC(=O)O)[C@@H]1CC(=O)O. The molecule has 0 spiro atoms. The van der Waals surface area contributed by atoms with Crippen LogP contribution in [-0.4, -0.2) is 57.4 Å². The molecule has 130 valence electrons. The topological polar surface area (TPSA) is 147 Å². The number of carbonyl (C=O) groups is 4. The molecule has 0 bridgehead atoms. The summed E-state index contributed by atoms with van der Waals surface area (Å²) in [6, 6.07) is 0. The van der Waals surface area contributed by atoms with Crippen molar-refractivity contribution in [1.82, 2.24) is 0 Å². The molecule has 0 aromatic carbocycles. The molecular weight excluding hydrogens is 380 g/mol. The Bertz CT molecular complexity index is 492. The van der Waals surface area contributed by atoms with Gasteiger partial charge in [0.1, 0.15) is 5.01 Å². The quantitative estimate of drug-likeness (QED) is 0.414. The molecule has 1 aliphatic rings. The van der Waals surface area contributed by atoms with Gasteiger partial charge < -0.3 is 24.8 Å². The Morgan fingerprint density at radius 2 is 1.35 bits per heavy atom. The van der Waals surface area contributed by atoms with Crippen molar-refractivity contribution in [3.63, 3.8) is 0 Å². The number of carbonyl (C=O) groups excluding carboxylic acids is 1. The predicted molar refractivity (Wildman–Crippen MR) is 76.8 cm³/mol. The molecule has 5 atom stereocenters. The van der Waals surface area contributed by atoms with Crippen molar-refractivity contribution in [2.45, 2.75) is 30.4 Å². The van der Waals surface area contributed by atoms with Crippen molar-refractivity contribution in [3.8, 4) is 0 Å². The third-order valence-corrected chi connectivity index (χ3v) is 4.66. The van der Waals surface area contributed by atoms with E-state index in [1.165, 1.54) is 0 Å². The normalized spacial score (nSPS) is 30.4. The van der Waals surface area contributed by atoms with Crippen molar-refractivity contribution in [3.05, 3.63) is 0 Å². The van der Waals surface area contributed by atoms with Gasteiger partial charge in [0.25, 0.3) is 0 Å². The lowest BCUT2D eigenvalue weighted by Gasteiger charge is -2.43. The highest BCUT2D eigenvalue weighted by Crippen LogP contribution is 2.43. The zero-order valence-electron chi connectivity index (χ0n) is 12.2. The molecule has 3 N–H and O–H groups in total. The van der Waals surface area contributed by atoms with E-state index in [4.69, 9.17) is 20.1 Å². The Hall–Kier alpha value is -1.68. The predicted octanol–water partition coefficient (Wildman–Crippen LogP) is 0.552. The number of esters is 1. The van der Waals surface area contributed by atoms with Crippen LogP contribution >= 0.6 is 15.9 Å². The van der Waals surface area contributed by atoms with E-state index in [1.54, 1.807) is 0 Å².